The van der Waals surface area contributed by atoms with Gasteiger partial charge in [-0.05, 0) is 55.1 Å². The van der Waals surface area contributed by atoms with Crippen LogP contribution in [0, 0.1) is 6.92 Å². The minimum absolute atomic E-state index is 0. The fourth-order valence-electron chi connectivity index (χ4n) is 3.68. The number of fused-ring (bicyclic) bond motifs is 1. The average molecular weight is 596 g/mol. The molecule has 0 aliphatic carbocycles. The summed E-state index contributed by atoms with van der Waals surface area (Å²) >= 11 is 12.4. The number of ether oxygens (including phenoxy) is 1. The SMILES string of the molecule is CCOc1cccc(NC(=O)c2cc3ccccc3c(N=Nc3cc(C)c(Cl)cc3S(=O)(=O)O)c2[O-])c1Cl.[Na+]. The summed E-state index contributed by atoms with van der Waals surface area (Å²) in [5, 5.41) is 25.2. The zero-order valence-corrected chi connectivity index (χ0v) is 25.4. The van der Waals surface area contributed by atoms with Crippen LogP contribution in [-0.4, -0.2) is 25.5 Å². The molecule has 39 heavy (non-hydrogen) atoms. The second-order valence-corrected chi connectivity index (χ2v) is 10.2. The fraction of sp³-hybridized carbons (Fsp3) is 0.115. The van der Waals surface area contributed by atoms with E-state index in [4.69, 9.17) is 27.9 Å². The van der Waals surface area contributed by atoms with Crippen LogP contribution in [0.3, 0.4) is 0 Å². The number of aryl methyl sites for hydroxylation is 1. The third-order valence-corrected chi connectivity index (χ3v) is 7.19. The van der Waals surface area contributed by atoms with Crippen LogP contribution < -0.4 is 44.7 Å². The molecule has 0 atom stereocenters. The fourth-order valence-corrected chi connectivity index (χ4v) is 4.76. The van der Waals surface area contributed by atoms with Gasteiger partial charge in [0.25, 0.3) is 16.0 Å². The molecule has 196 valence electrons. The van der Waals surface area contributed by atoms with Crippen molar-refractivity contribution in [2.24, 2.45) is 10.2 Å². The molecule has 0 spiro atoms. The number of hydrogen-bond donors (Lipinski definition) is 2. The maximum Gasteiger partial charge on any atom is 1.00 e. The summed E-state index contributed by atoms with van der Waals surface area (Å²) in [6, 6.07) is 15.3. The predicted molar refractivity (Wildman–Crippen MR) is 144 cm³/mol. The van der Waals surface area contributed by atoms with Gasteiger partial charge in [0.1, 0.15) is 21.4 Å². The Labute approximate surface area is 256 Å². The standard InChI is InChI=1S/C26H21Cl2N3O6S.Na/c1-3-37-21-10-6-9-19(23(21)28)29-26(33)17-12-15-7-4-5-8-16(15)24(25(17)32)31-30-20-11-14(2)18(27)13-22(20)38(34,35)36;/h4-13,32H,3H2,1-2H3,(H,29,33)(H,34,35,36);/q;+1/p-1. The first-order valence-electron chi connectivity index (χ1n) is 11.2. The number of anilines is 1. The Morgan fingerprint density at radius 3 is 2.49 bits per heavy atom. The molecular weight excluding hydrogens is 576 g/mol. The van der Waals surface area contributed by atoms with Crippen LogP contribution >= 0.6 is 23.2 Å². The van der Waals surface area contributed by atoms with Crippen LogP contribution in [0.2, 0.25) is 10.0 Å². The van der Waals surface area contributed by atoms with Crippen LogP contribution in [0.15, 0.2) is 75.8 Å². The zero-order valence-electron chi connectivity index (χ0n) is 21.0. The van der Waals surface area contributed by atoms with E-state index in [2.05, 4.69) is 15.5 Å². The van der Waals surface area contributed by atoms with Crippen molar-refractivity contribution in [3.63, 3.8) is 0 Å². The first kappa shape index (κ1) is 30.8. The molecule has 2 N–H and O–H groups in total. The molecule has 0 aromatic heterocycles. The Kier molecular flexibility index (Phi) is 10.0. The third-order valence-electron chi connectivity index (χ3n) is 5.51. The Hall–Kier alpha value is -2.70. The molecule has 0 saturated heterocycles. The molecule has 0 heterocycles. The van der Waals surface area contributed by atoms with Gasteiger partial charge in [0.05, 0.1) is 18.0 Å². The number of nitrogens with one attached hydrogen (secondary N) is 1. The second kappa shape index (κ2) is 12.6. The molecule has 0 saturated carbocycles. The largest absolute Gasteiger partial charge is 1.00 e. The molecule has 4 rings (SSSR count). The van der Waals surface area contributed by atoms with Crippen LogP contribution in [0.5, 0.6) is 11.5 Å². The maximum absolute atomic E-state index is 13.4. The molecule has 4 aromatic carbocycles. The number of amides is 1. The monoisotopic (exact) mass is 595 g/mol. The number of nitrogens with zero attached hydrogens (tertiary/aromatic N) is 2. The predicted octanol–water partition coefficient (Wildman–Crippen LogP) is 3.85. The number of hydrogen-bond acceptors (Lipinski definition) is 7. The Balaban J connectivity index is 0.00000420. The number of carbonyl (C=O) groups excluding carboxylic acids is 1. The normalized spacial score (nSPS) is 11.4. The summed E-state index contributed by atoms with van der Waals surface area (Å²) in [4.78, 5) is 12.6. The van der Waals surface area contributed by atoms with Crippen molar-refractivity contribution < 1.29 is 57.2 Å². The number of azo groups is 1. The molecule has 0 unspecified atom stereocenters. The first-order valence-corrected chi connectivity index (χ1v) is 13.4. The van der Waals surface area contributed by atoms with Crippen molar-refractivity contribution in [3.05, 3.63) is 81.8 Å². The summed E-state index contributed by atoms with van der Waals surface area (Å²) < 4.78 is 38.8. The van der Waals surface area contributed by atoms with Gasteiger partial charge in [0.15, 0.2) is 0 Å². The molecule has 1 amide bonds. The molecule has 13 heteroatoms. The van der Waals surface area contributed by atoms with Crippen molar-refractivity contribution in [2.75, 3.05) is 11.9 Å². The Bertz CT molecular complexity index is 1710. The Morgan fingerprint density at radius 2 is 1.79 bits per heavy atom. The van der Waals surface area contributed by atoms with Gasteiger partial charge in [-0.2, -0.15) is 13.5 Å². The summed E-state index contributed by atoms with van der Waals surface area (Å²) in [6.07, 6.45) is 0. The van der Waals surface area contributed by atoms with E-state index in [0.717, 1.165) is 6.07 Å². The molecule has 0 aliphatic rings. The van der Waals surface area contributed by atoms with Crippen LogP contribution in [0.4, 0.5) is 17.1 Å². The Morgan fingerprint density at radius 1 is 1.08 bits per heavy atom. The van der Waals surface area contributed by atoms with Crippen LogP contribution in [0.1, 0.15) is 22.8 Å². The summed E-state index contributed by atoms with van der Waals surface area (Å²) in [6.45, 7) is 3.77. The molecule has 0 fully saturated rings. The first-order chi connectivity index (χ1) is 18.0. The van der Waals surface area contributed by atoms with Crippen LogP contribution in [0.25, 0.3) is 10.8 Å². The van der Waals surface area contributed by atoms with Crippen molar-refractivity contribution >= 4 is 67.1 Å². The minimum atomic E-state index is -4.70. The van der Waals surface area contributed by atoms with Gasteiger partial charge in [0, 0.05) is 16.0 Å². The van der Waals surface area contributed by atoms with Crippen molar-refractivity contribution in [1.82, 2.24) is 0 Å². The third kappa shape index (κ3) is 6.72. The molecule has 9 nitrogen and oxygen atoms in total. The van der Waals surface area contributed by atoms with Crippen molar-refractivity contribution in [2.45, 2.75) is 18.7 Å². The van der Waals surface area contributed by atoms with E-state index in [0.29, 0.717) is 28.7 Å². The smallest absolute Gasteiger partial charge is 0.870 e. The van der Waals surface area contributed by atoms with Crippen LogP contribution in [-0.2, 0) is 10.1 Å². The molecule has 0 radical (unpaired) electrons. The van der Waals surface area contributed by atoms with E-state index < -0.39 is 26.7 Å². The van der Waals surface area contributed by atoms with Gasteiger partial charge < -0.3 is 15.2 Å². The van der Waals surface area contributed by atoms with Gasteiger partial charge in [-0.3, -0.25) is 9.35 Å². The van der Waals surface area contributed by atoms with E-state index in [1.807, 2.05) is 0 Å². The minimum Gasteiger partial charge on any atom is -0.870 e. The molecule has 0 bridgehead atoms. The summed E-state index contributed by atoms with van der Waals surface area (Å²) in [7, 11) is -4.70. The number of carbonyl (C=O) groups is 1. The van der Waals surface area contributed by atoms with Crippen molar-refractivity contribution in [3.8, 4) is 11.5 Å². The van der Waals surface area contributed by atoms with E-state index >= 15 is 0 Å². The van der Waals surface area contributed by atoms with Gasteiger partial charge in [0.2, 0.25) is 0 Å². The zero-order chi connectivity index (χ0) is 27.6. The van der Waals surface area contributed by atoms with Gasteiger partial charge in [-0.15, -0.1) is 5.11 Å². The topological polar surface area (TPSA) is 140 Å². The summed E-state index contributed by atoms with van der Waals surface area (Å²) in [5.74, 6) is -1.12. The van der Waals surface area contributed by atoms with E-state index in [1.54, 1.807) is 56.3 Å². The quantitative estimate of drug-likeness (QED) is 0.189. The molecule has 0 aliphatic heterocycles. The average Bonchev–Trinajstić information content (AvgIpc) is 2.86. The maximum atomic E-state index is 13.4. The van der Waals surface area contributed by atoms with Gasteiger partial charge in [-0.25, -0.2) is 0 Å². The number of benzene rings is 4. The summed E-state index contributed by atoms with van der Waals surface area (Å²) in [5.41, 5.74) is 0.0497. The van der Waals surface area contributed by atoms with Gasteiger partial charge in [-0.1, -0.05) is 59.3 Å². The molecule has 4 aromatic rings. The van der Waals surface area contributed by atoms with E-state index in [9.17, 15) is 22.9 Å². The molecular formula is C26H20Cl2N3NaO6S. The van der Waals surface area contributed by atoms with Gasteiger partial charge >= 0.3 is 29.6 Å². The van der Waals surface area contributed by atoms with Crippen molar-refractivity contribution in [1.29, 1.82) is 0 Å². The van der Waals surface area contributed by atoms with E-state index in [-0.39, 0.29) is 62.2 Å². The number of halogens is 2. The second-order valence-electron chi connectivity index (χ2n) is 8.07. The van der Waals surface area contributed by atoms with E-state index in [1.165, 1.54) is 12.1 Å². The number of rotatable bonds is 7.